The van der Waals surface area contributed by atoms with Crippen molar-refractivity contribution in [3.05, 3.63) is 65.2 Å². The average molecular weight is 391 g/mol. The van der Waals surface area contributed by atoms with Crippen LogP contribution >= 0.6 is 11.8 Å². The molecule has 1 aliphatic carbocycles. The number of anilines is 1. The van der Waals surface area contributed by atoms with E-state index in [1.807, 2.05) is 6.07 Å². The van der Waals surface area contributed by atoms with Crippen molar-refractivity contribution in [1.29, 1.82) is 0 Å². The fraction of sp³-hybridized carbons (Fsp3) is 0.300. The second kappa shape index (κ2) is 8.08. The van der Waals surface area contributed by atoms with Gasteiger partial charge in [0.2, 0.25) is 5.91 Å². The van der Waals surface area contributed by atoms with Gasteiger partial charge in [-0.15, -0.1) is 11.8 Å². The fourth-order valence-corrected chi connectivity index (χ4v) is 3.96. The Morgan fingerprint density at radius 3 is 2.56 bits per heavy atom. The smallest absolute Gasteiger partial charge is 0.313 e. The molecular formula is C20H19F2NO3S. The second-order valence-electron chi connectivity index (χ2n) is 6.60. The Morgan fingerprint density at radius 1 is 1.15 bits per heavy atom. The third-order valence-electron chi connectivity index (χ3n) is 4.77. The van der Waals surface area contributed by atoms with Crippen molar-refractivity contribution in [3.63, 3.8) is 0 Å². The summed E-state index contributed by atoms with van der Waals surface area (Å²) >= 11 is 1.27. The predicted molar refractivity (Wildman–Crippen MR) is 101 cm³/mol. The van der Waals surface area contributed by atoms with Gasteiger partial charge in [-0.1, -0.05) is 24.6 Å². The molecule has 0 heterocycles. The quantitative estimate of drug-likeness (QED) is 0.737. The highest BCUT2D eigenvalue weighted by Crippen LogP contribution is 2.45. The lowest BCUT2D eigenvalue weighted by Crippen LogP contribution is -2.46. The third-order valence-corrected chi connectivity index (χ3v) is 5.76. The summed E-state index contributed by atoms with van der Waals surface area (Å²) < 4.78 is 27.5. The Morgan fingerprint density at radius 2 is 1.93 bits per heavy atom. The molecule has 0 aliphatic heterocycles. The van der Waals surface area contributed by atoms with Crippen molar-refractivity contribution in [2.75, 3.05) is 11.1 Å². The van der Waals surface area contributed by atoms with Crippen molar-refractivity contribution in [2.24, 2.45) is 0 Å². The van der Waals surface area contributed by atoms with Gasteiger partial charge < -0.3 is 10.4 Å². The van der Waals surface area contributed by atoms with E-state index in [4.69, 9.17) is 5.11 Å². The molecule has 1 fully saturated rings. The van der Waals surface area contributed by atoms with E-state index >= 15 is 0 Å². The van der Waals surface area contributed by atoms with Crippen LogP contribution in [-0.4, -0.2) is 22.7 Å². The number of hydrogen-bond acceptors (Lipinski definition) is 3. The minimum Gasteiger partial charge on any atom is -0.481 e. The summed E-state index contributed by atoms with van der Waals surface area (Å²) in [5.41, 5.74) is 0.698. The van der Waals surface area contributed by atoms with Crippen LogP contribution in [0, 0.1) is 11.6 Å². The van der Waals surface area contributed by atoms with Gasteiger partial charge in [0.25, 0.3) is 0 Å². The topological polar surface area (TPSA) is 66.4 Å². The van der Waals surface area contributed by atoms with Gasteiger partial charge in [-0.05, 0) is 36.6 Å². The van der Waals surface area contributed by atoms with Gasteiger partial charge in [-0.3, -0.25) is 9.59 Å². The first-order valence-electron chi connectivity index (χ1n) is 8.56. The van der Waals surface area contributed by atoms with Crippen molar-refractivity contribution in [1.82, 2.24) is 0 Å². The molecule has 1 aliphatic rings. The van der Waals surface area contributed by atoms with Crippen LogP contribution in [0.5, 0.6) is 0 Å². The van der Waals surface area contributed by atoms with Gasteiger partial charge in [0.05, 0.1) is 11.2 Å². The van der Waals surface area contributed by atoms with Gasteiger partial charge in [0.15, 0.2) is 0 Å². The largest absolute Gasteiger partial charge is 0.481 e. The second-order valence-corrected chi connectivity index (χ2v) is 7.59. The molecule has 4 nitrogen and oxygen atoms in total. The molecule has 3 rings (SSSR count). The number of benzene rings is 2. The van der Waals surface area contributed by atoms with Crippen LogP contribution in [0.1, 0.15) is 30.4 Å². The number of thioether (sulfide) groups is 1. The lowest BCUT2D eigenvalue weighted by Gasteiger charge is -2.40. The number of carboxylic acid groups (broad SMARTS) is 1. The predicted octanol–water partition coefficient (Wildman–Crippen LogP) is 4.34. The number of nitrogens with one attached hydrogen (secondary N) is 1. The molecular weight excluding hydrogens is 372 g/mol. The monoisotopic (exact) mass is 391 g/mol. The molecule has 0 aromatic heterocycles. The third kappa shape index (κ3) is 4.30. The Kier molecular flexibility index (Phi) is 5.79. The molecule has 1 amide bonds. The van der Waals surface area contributed by atoms with Crippen LogP contribution in [0.4, 0.5) is 14.5 Å². The summed E-state index contributed by atoms with van der Waals surface area (Å²) in [7, 11) is 0. The zero-order valence-corrected chi connectivity index (χ0v) is 15.3. The first-order valence-corrected chi connectivity index (χ1v) is 9.72. The highest BCUT2D eigenvalue weighted by molar-refractivity contribution is 7.99. The molecule has 2 aromatic carbocycles. The Hall–Kier alpha value is -2.41. The summed E-state index contributed by atoms with van der Waals surface area (Å²) in [5, 5.41) is 11.5. The van der Waals surface area contributed by atoms with E-state index < -0.39 is 23.0 Å². The van der Waals surface area contributed by atoms with E-state index in [9.17, 15) is 18.4 Å². The summed E-state index contributed by atoms with van der Waals surface area (Å²) in [6.07, 6.45) is 1.82. The SMILES string of the molecule is O=C(O)CSCc1cccc(NC(=O)C2(c3ccc(F)cc3F)CCC2)c1. The average Bonchev–Trinajstić information content (AvgIpc) is 2.56. The summed E-state index contributed by atoms with van der Waals surface area (Å²) in [4.78, 5) is 23.5. The lowest BCUT2D eigenvalue weighted by molar-refractivity contribution is -0.134. The van der Waals surface area contributed by atoms with Gasteiger partial charge >= 0.3 is 5.97 Å². The molecule has 2 N–H and O–H groups in total. The van der Waals surface area contributed by atoms with Gasteiger partial charge in [-0.25, -0.2) is 8.78 Å². The molecule has 0 unspecified atom stereocenters. The molecule has 0 spiro atoms. The molecule has 0 bridgehead atoms. The normalized spacial score (nSPS) is 15.0. The molecule has 142 valence electrons. The summed E-state index contributed by atoms with van der Waals surface area (Å²) in [6.45, 7) is 0. The lowest BCUT2D eigenvalue weighted by atomic mass is 9.63. The van der Waals surface area contributed by atoms with E-state index in [-0.39, 0.29) is 17.2 Å². The molecule has 1 saturated carbocycles. The van der Waals surface area contributed by atoms with Crippen molar-refractivity contribution in [2.45, 2.75) is 30.4 Å². The van der Waals surface area contributed by atoms with Crippen LogP contribution < -0.4 is 5.32 Å². The van der Waals surface area contributed by atoms with E-state index in [0.29, 0.717) is 24.3 Å². The van der Waals surface area contributed by atoms with Crippen molar-refractivity contribution in [3.8, 4) is 0 Å². The molecule has 0 saturated heterocycles. The number of carbonyl (C=O) groups is 2. The van der Waals surface area contributed by atoms with E-state index in [0.717, 1.165) is 18.1 Å². The highest BCUT2D eigenvalue weighted by Gasteiger charge is 2.47. The van der Waals surface area contributed by atoms with E-state index in [2.05, 4.69) is 5.32 Å². The van der Waals surface area contributed by atoms with E-state index in [1.165, 1.54) is 23.9 Å². The first kappa shape index (κ1) is 19.4. The maximum atomic E-state index is 14.3. The fourth-order valence-electron chi connectivity index (χ4n) is 3.27. The van der Waals surface area contributed by atoms with Gasteiger partial charge in [0.1, 0.15) is 11.6 Å². The molecule has 0 atom stereocenters. The van der Waals surface area contributed by atoms with Crippen LogP contribution in [0.15, 0.2) is 42.5 Å². The number of carboxylic acids is 1. The van der Waals surface area contributed by atoms with E-state index in [1.54, 1.807) is 18.2 Å². The highest BCUT2D eigenvalue weighted by atomic mass is 32.2. The molecule has 2 aromatic rings. The molecule has 27 heavy (non-hydrogen) atoms. The number of hydrogen-bond donors (Lipinski definition) is 2. The van der Waals surface area contributed by atoms with Crippen LogP contribution in [0.2, 0.25) is 0 Å². The number of carbonyl (C=O) groups excluding carboxylic acids is 1. The maximum Gasteiger partial charge on any atom is 0.313 e. The molecule has 0 radical (unpaired) electrons. The minimum atomic E-state index is -0.980. The van der Waals surface area contributed by atoms with Crippen LogP contribution in [-0.2, 0) is 20.8 Å². The number of rotatable bonds is 7. The zero-order chi connectivity index (χ0) is 19.4. The minimum absolute atomic E-state index is 0.00351. The summed E-state index contributed by atoms with van der Waals surface area (Å²) in [5.74, 6) is -2.05. The molecule has 7 heteroatoms. The van der Waals surface area contributed by atoms with Crippen LogP contribution in [0.3, 0.4) is 0 Å². The van der Waals surface area contributed by atoms with Gasteiger partial charge in [0, 0.05) is 23.1 Å². The van der Waals surface area contributed by atoms with Crippen LogP contribution in [0.25, 0.3) is 0 Å². The Labute approximate surface area is 160 Å². The maximum absolute atomic E-state index is 14.3. The number of aliphatic carboxylic acids is 1. The van der Waals surface area contributed by atoms with Crippen molar-refractivity contribution >= 4 is 29.3 Å². The van der Waals surface area contributed by atoms with Crippen molar-refractivity contribution < 1.29 is 23.5 Å². The first-order chi connectivity index (χ1) is 12.9. The number of halogens is 2. The van der Waals surface area contributed by atoms with Gasteiger partial charge in [-0.2, -0.15) is 0 Å². The Bertz CT molecular complexity index is 868. The summed E-state index contributed by atoms with van der Waals surface area (Å²) in [6, 6.07) is 10.5. The zero-order valence-electron chi connectivity index (χ0n) is 14.5. The number of amides is 1. The Balaban J connectivity index is 1.75. The standard InChI is InChI=1S/C20H19F2NO3S/c21-14-5-6-16(17(22)10-14)20(7-2-8-20)19(26)23-15-4-1-3-13(9-15)11-27-12-18(24)25/h1,3-6,9-10H,2,7-8,11-12H2,(H,23,26)(H,24,25).